The number of para-hydroxylation sites is 1. The first-order valence-corrected chi connectivity index (χ1v) is 11.4. The van der Waals surface area contributed by atoms with E-state index in [2.05, 4.69) is 20.8 Å². The van der Waals surface area contributed by atoms with Crippen LogP contribution >= 0.6 is 11.6 Å². The van der Waals surface area contributed by atoms with Gasteiger partial charge in [0, 0.05) is 22.8 Å². The van der Waals surface area contributed by atoms with Gasteiger partial charge < -0.3 is 0 Å². The number of aromatic nitrogens is 2. The van der Waals surface area contributed by atoms with E-state index < -0.39 is 10.0 Å². The van der Waals surface area contributed by atoms with E-state index in [4.69, 9.17) is 11.6 Å². The molecule has 0 saturated carbocycles. The molecule has 0 atom stereocenters. The van der Waals surface area contributed by atoms with Crippen molar-refractivity contribution in [1.82, 2.24) is 9.97 Å². The third-order valence-electron chi connectivity index (χ3n) is 4.91. The van der Waals surface area contributed by atoms with Crippen LogP contribution in [0.3, 0.4) is 0 Å². The SMILES string of the molecule is Cc1c(NS(=O)(=O)c2ccccc2)ncc(CCc2ccc3ccccc3n2)c1Cl. The van der Waals surface area contributed by atoms with Crippen molar-refractivity contribution in [2.75, 3.05) is 4.72 Å². The van der Waals surface area contributed by atoms with Crippen LogP contribution in [-0.4, -0.2) is 18.4 Å². The molecule has 0 saturated heterocycles. The summed E-state index contributed by atoms with van der Waals surface area (Å²) in [4.78, 5) is 9.18. The highest BCUT2D eigenvalue weighted by Gasteiger charge is 2.18. The first-order chi connectivity index (χ1) is 14.4. The van der Waals surface area contributed by atoms with Crippen molar-refractivity contribution < 1.29 is 8.42 Å². The summed E-state index contributed by atoms with van der Waals surface area (Å²) in [5.41, 5.74) is 3.38. The van der Waals surface area contributed by atoms with E-state index in [0.29, 0.717) is 23.4 Å². The summed E-state index contributed by atoms with van der Waals surface area (Å²) in [6.45, 7) is 1.76. The van der Waals surface area contributed by atoms with Crippen molar-refractivity contribution in [3.63, 3.8) is 0 Å². The molecule has 152 valence electrons. The van der Waals surface area contributed by atoms with Crippen LogP contribution in [0.25, 0.3) is 10.9 Å². The summed E-state index contributed by atoms with van der Waals surface area (Å²) in [5, 5.41) is 1.61. The molecule has 0 aliphatic heterocycles. The van der Waals surface area contributed by atoms with E-state index in [9.17, 15) is 8.42 Å². The van der Waals surface area contributed by atoms with E-state index in [1.165, 1.54) is 12.1 Å². The summed E-state index contributed by atoms with van der Waals surface area (Å²) in [5.74, 6) is 0.233. The minimum absolute atomic E-state index is 0.175. The van der Waals surface area contributed by atoms with Crippen LogP contribution < -0.4 is 4.72 Å². The van der Waals surface area contributed by atoms with Gasteiger partial charge in [-0.1, -0.05) is 54.1 Å². The van der Waals surface area contributed by atoms with Crippen molar-refractivity contribution in [2.45, 2.75) is 24.7 Å². The lowest BCUT2D eigenvalue weighted by atomic mass is 10.1. The molecule has 1 N–H and O–H groups in total. The molecule has 5 nitrogen and oxygen atoms in total. The largest absolute Gasteiger partial charge is 0.263 e. The third kappa shape index (κ3) is 4.30. The molecule has 0 bridgehead atoms. The number of hydrogen-bond donors (Lipinski definition) is 1. The first-order valence-electron chi connectivity index (χ1n) is 9.50. The number of sulfonamides is 1. The molecule has 0 spiro atoms. The third-order valence-corrected chi connectivity index (χ3v) is 6.79. The molecular weight excluding hydrogens is 418 g/mol. The Balaban J connectivity index is 1.52. The zero-order chi connectivity index (χ0) is 21.1. The lowest BCUT2D eigenvalue weighted by Gasteiger charge is -2.13. The van der Waals surface area contributed by atoms with Crippen molar-refractivity contribution in [3.05, 3.63) is 94.8 Å². The number of nitrogens with one attached hydrogen (secondary N) is 1. The molecule has 0 aliphatic rings. The smallest absolute Gasteiger partial charge is 0.263 e. The molecule has 2 aromatic heterocycles. The Morgan fingerprint density at radius 2 is 1.67 bits per heavy atom. The molecular formula is C23H20ClN3O2S. The van der Waals surface area contributed by atoms with Gasteiger partial charge in [-0.2, -0.15) is 0 Å². The highest BCUT2D eigenvalue weighted by Crippen LogP contribution is 2.28. The maximum atomic E-state index is 12.6. The monoisotopic (exact) mass is 437 g/mol. The molecule has 2 heterocycles. The quantitative estimate of drug-likeness (QED) is 0.451. The minimum atomic E-state index is -3.72. The summed E-state index contributed by atoms with van der Waals surface area (Å²) >= 11 is 6.54. The van der Waals surface area contributed by atoms with E-state index >= 15 is 0 Å². The van der Waals surface area contributed by atoms with Gasteiger partial charge in [0.2, 0.25) is 0 Å². The molecule has 4 aromatic rings. The number of nitrogens with zero attached hydrogens (tertiary/aromatic N) is 2. The van der Waals surface area contributed by atoms with Crippen molar-refractivity contribution in [1.29, 1.82) is 0 Å². The number of halogens is 1. The number of hydrogen-bond acceptors (Lipinski definition) is 4. The number of benzene rings is 2. The Kier molecular flexibility index (Phi) is 5.70. The fourth-order valence-corrected chi connectivity index (χ4v) is 4.54. The molecule has 0 fully saturated rings. The van der Waals surface area contributed by atoms with Gasteiger partial charge in [0.25, 0.3) is 10.0 Å². The molecule has 0 unspecified atom stereocenters. The summed E-state index contributed by atoms with van der Waals surface area (Å²) in [6.07, 6.45) is 2.99. The van der Waals surface area contributed by atoms with E-state index in [1.54, 1.807) is 31.3 Å². The maximum Gasteiger partial charge on any atom is 0.263 e. The number of fused-ring (bicyclic) bond motifs is 1. The Hall–Kier alpha value is -2.96. The van der Waals surface area contributed by atoms with Gasteiger partial charge in [-0.3, -0.25) is 9.71 Å². The number of aryl methyl sites for hydroxylation is 2. The predicted molar refractivity (Wildman–Crippen MR) is 120 cm³/mol. The topological polar surface area (TPSA) is 72.0 Å². The van der Waals surface area contributed by atoms with Crippen LogP contribution in [0.5, 0.6) is 0 Å². The molecule has 0 aliphatic carbocycles. The molecule has 7 heteroatoms. The Labute approximate surface area is 180 Å². The first kappa shape index (κ1) is 20.3. The molecule has 0 amide bonds. The van der Waals surface area contributed by atoms with Gasteiger partial charge in [-0.15, -0.1) is 0 Å². The lowest BCUT2D eigenvalue weighted by molar-refractivity contribution is 0.601. The van der Waals surface area contributed by atoms with Crippen molar-refractivity contribution >= 4 is 38.3 Å². The van der Waals surface area contributed by atoms with Crippen LogP contribution in [0.4, 0.5) is 5.82 Å². The van der Waals surface area contributed by atoms with Gasteiger partial charge in [0.05, 0.1) is 15.4 Å². The van der Waals surface area contributed by atoms with Crippen molar-refractivity contribution in [3.8, 4) is 0 Å². The molecule has 30 heavy (non-hydrogen) atoms. The Morgan fingerprint density at radius 3 is 2.47 bits per heavy atom. The lowest BCUT2D eigenvalue weighted by Crippen LogP contribution is -2.15. The van der Waals surface area contributed by atoms with E-state index in [-0.39, 0.29) is 10.7 Å². The van der Waals surface area contributed by atoms with Crippen LogP contribution in [-0.2, 0) is 22.9 Å². The van der Waals surface area contributed by atoms with Crippen LogP contribution in [0.15, 0.2) is 77.8 Å². The predicted octanol–water partition coefficient (Wildman–Crippen LogP) is 5.18. The zero-order valence-corrected chi connectivity index (χ0v) is 17.9. The average Bonchev–Trinajstić information content (AvgIpc) is 2.77. The molecule has 2 aromatic carbocycles. The number of rotatable bonds is 6. The summed E-state index contributed by atoms with van der Waals surface area (Å²) in [7, 11) is -3.72. The van der Waals surface area contributed by atoms with Gasteiger partial charge in [0.15, 0.2) is 0 Å². The maximum absolute atomic E-state index is 12.6. The van der Waals surface area contributed by atoms with Crippen molar-refractivity contribution in [2.24, 2.45) is 0 Å². The van der Waals surface area contributed by atoms with Gasteiger partial charge in [0.1, 0.15) is 5.82 Å². The van der Waals surface area contributed by atoms with E-state index in [1.807, 2.05) is 30.3 Å². The second-order valence-electron chi connectivity index (χ2n) is 6.98. The highest BCUT2D eigenvalue weighted by atomic mass is 35.5. The summed E-state index contributed by atoms with van der Waals surface area (Å²) in [6, 6.07) is 20.2. The fraction of sp³-hybridized carbons (Fsp3) is 0.130. The Morgan fingerprint density at radius 1 is 0.933 bits per heavy atom. The summed E-state index contributed by atoms with van der Waals surface area (Å²) < 4.78 is 27.7. The second kappa shape index (κ2) is 8.42. The van der Waals surface area contributed by atoms with Crippen LogP contribution in [0.1, 0.15) is 16.8 Å². The van der Waals surface area contributed by atoms with Gasteiger partial charge in [-0.05, 0) is 49.6 Å². The second-order valence-corrected chi connectivity index (χ2v) is 9.05. The molecule has 0 radical (unpaired) electrons. The Bertz CT molecular complexity index is 1310. The fourth-order valence-electron chi connectivity index (χ4n) is 3.21. The zero-order valence-electron chi connectivity index (χ0n) is 16.3. The van der Waals surface area contributed by atoms with Gasteiger partial charge >= 0.3 is 0 Å². The average molecular weight is 438 g/mol. The van der Waals surface area contributed by atoms with Gasteiger partial charge in [-0.25, -0.2) is 13.4 Å². The van der Waals surface area contributed by atoms with E-state index in [0.717, 1.165) is 22.2 Å². The normalized spacial score (nSPS) is 11.5. The highest BCUT2D eigenvalue weighted by molar-refractivity contribution is 7.92. The standard InChI is InChI=1S/C23H20ClN3O2S/c1-16-22(24)18(12-14-19-13-11-17-7-5-6-10-21(17)26-19)15-25-23(16)27-30(28,29)20-8-3-2-4-9-20/h2-11,13,15H,12,14H2,1H3,(H,25,27). The number of anilines is 1. The molecule has 4 rings (SSSR count). The van der Waals surface area contributed by atoms with Crippen LogP contribution in [0.2, 0.25) is 5.02 Å². The number of pyridine rings is 2. The minimum Gasteiger partial charge on any atom is -0.263 e. The van der Waals surface area contributed by atoms with Crippen LogP contribution in [0, 0.1) is 6.92 Å².